The Morgan fingerprint density at radius 3 is 2.67 bits per heavy atom. The molecule has 1 aromatic carbocycles. The minimum atomic E-state index is -0.263. The van der Waals surface area contributed by atoms with Crippen LogP contribution in [0.1, 0.15) is 18.9 Å². The molecule has 0 aliphatic rings. The predicted molar refractivity (Wildman–Crippen MR) is 55.5 cm³/mol. The number of halogens is 1. The van der Waals surface area contributed by atoms with E-state index >= 15 is 0 Å². The number of rotatable bonds is 4. The SMILES string of the molecule is COc1ccc([NH3+])c(CC[C@@H](C)O)c1.[Cl-]. The van der Waals surface area contributed by atoms with Crippen LogP contribution in [0.4, 0.5) is 5.69 Å². The lowest BCUT2D eigenvalue weighted by molar-refractivity contribution is -0.255. The van der Waals surface area contributed by atoms with E-state index < -0.39 is 0 Å². The van der Waals surface area contributed by atoms with E-state index in [1.54, 1.807) is 14.0 Å². The number of aryl methyl sites for hydroxylation is 1. The van der Waals surface area contributed by atoms with Crippen molar-refractivity contribution in [1.82, 2.24) is 0 Å². The molecule has 0 bridgehead atoms. The Labute approximate surface area is 96.7 Å². The first-order chi connectivity index (χ1) is 6.63. The topological polar surface area (TPSA) is 57.1 Å². The normalized spacial score (nSPS) is 11.7. The molecule has 0 aromatic heterocycles. The van der Waals surface area contributed by atoms with Gasteiger partial charge >= 0.3 is 0 Å². The Morgan fingerprint density at radius 2 is 2.13 bits per heavy atom. The third kappa shape index (κ3) is 4.51. The highest BCUT2D eigenvalue weighted by Crippen LogP contribution is 2.19. The fraction of sp³-hybridized carbons (Fsp3) is 0.455. The maximum atomic E-state index is 9.18. The molecule has 0 heterocycles. The summed E-state index contributed by atoms with van der Waals surface area (Å²) >= 11 is 0. The molecule has 4 N–H and O–H groups in total. The van der Waals surface area contributed by atoms with Gasteiger partial charge in [-0.25, -0.2) is 0 Å². The molecule has 0 amide bonds. The van der Waals surface area contributed by atoms with Gasteiger partial charge in [0.15, 0.2) is 0 Å². The molecule has 0 aliphatic heterocycles. The van der Waals surface area contributed by atoms with E-state index in [4.69, 9.17) is 4.74 Å². The maximum Gasteiger partial charge on any atom is 0.131 e. The molecule has 0 aliphatic carbocycles. The van der Waals surface area contributed by atoms with Crippen molar-refractivity contribution in [3.8, 4) is 5.75 Å². The fourth-order valence-electron chi connectivity index (χ4n) is 1.33. The van der Waals surface area contributed by atoms with Crippen molar-refractivity contribution in [3.05, 3.63) is 23.8 Å². The van der Waals surface area contributed by atoms with Crippen molar-refractivity contribution in [2.75, 3.05) is 7.11 Å². The van der Waals surface area contributed by atoms with E-state index in [0.29, 0.717) is 0 Å². The number of quaternary nitrogens is 1. The quantitative estimate of drug-likeness (QED) is 0.623. The Kier molecular flexibility index (Phi) is 6.32. The van der Waals surface area contributed by atoms with E-state index in [0.717, 1.165) is 29.8 Å². The largest absolute Gasteiger partial charge is 1.00 e. The van der Waals surface area contributed by atoms with Gasteiger partial charge in [-0.1, -0.05) is 0 Å². The molecule has 0 fully saturated rings. The fourth-order valence-corrected chi connectivity index (χ4v) is 1.33. The molecule has 4 heteroatoms. The molecule has 1 aromatic rings. The number of hydrogen-bond acceptors (Lipinski definition) is 2. The smallest absolute Gasteiger partial charge is 0.131 e. The molecule has 0 radical (unpaired) electrons. The second-order valence-corrected chi connectivity index (χ2v) is 3.52. The predicted octanol–water partition coefficient (Wildman–Crippen LogP) is -2.11. The van der Waals surface area contributed by atoms with Crippen LogP contribution in [-0.2, 0) is 6.42 Å². The summed E-state index contributed by atoms with van der Waals surface area (Å²) in [5, 5.41) is 9.18. The van der Waals surface area contributed by atoms with E-state index in [1.807, 2.05) is 18.2 Å². The Bertz CT molecular complexity index is 303. The van der Waals surface area contributed by atoms with Crippen LogP contribution in [0, 0.1) is 0 Å². The van der Waals surface area contributed by atoms with Crippen molar-refractivity contribution >= 4 is 5.69 Å². The van der Waals surface area contributed by atoms with Crippen molar-refractivity contribution in [2.45, 2.75) is 25.9 Å². The van der Waals surface area contributed by atoms with Crippen LogP contribution in [0.2, 0.25) is 0 Å². The first kappa shape index (κ1) is 14.2. The summed E-state index contributed by atoms with van der Waals surface area (Å²) < 4.78 is 5.13. The molecular formula is C11H18ClNO2. The van der Waals surface area contributed by atoms with E-state index in [1.165, 1.54) is 0 Å². The zero-order chi connectivity index (χ0) is 10.6. The Balaban J connectivity index is 0.00000196. The van der Waals surface area contributed by atoms with E-state index in [2.05, 4.69) is 5.73 Å². The Hall–Kier alpha value is -0.770. The summed E-state index contributed by atoms with van der Waals surface area (Å²) in [5.74, 6) is 0.845. The zero-order valence-corrected chi connectivity index (χ0v) is 9.92. The molecule has 0 spiro atoms. The van der Waals surface area contributed by atoms with Crippen LogP contribution in [-0.4, -0.2) is 18.3 Å². The molecular weight excluding hydrogens is 214 g/mol. The summed E-state index contributed by atoms with van der Waals surface area (Å²) in [6.07, 6.45) is 1.34. The molecule has 15 heavy (non-hydrogen) atoms. The summed E-state index contributed by atoms with van der Waals surface area (Å²) in [4.78, 5) is 0. The highest BCUT2D eigenvalue weighted by atomic mass is 35.5. The van der Waals surface area contributed by atoms with Gasteiger partial charge < -0.3 is 28.0 Å². The number of ether oxygens (including phenoxy) is 1. The summed E-state index contributed by atoms with van der Waals surface area (Å²) in [6.45, 7) is 1.79. The standard InChI is InChI=1S/C11H17NO2.ClH/c1-8(13)3-4-9-7-10(14-2)5-6-11(9)12;/h5-8,13H,3-4,12H2,1-2H3;1H/t8-;/m1./s1. The third-order valence-electron chi connectivity index (χ3n) is 2.24. The molecule has 0 saturated heterocycles. The highest BCUT2D eigenvalue weighted by Gasteiger charge is 2.05. The molecule has 1 atom stereocenters. The van der Waals surface area contributed by atoms with Crippen molar-refractivity contribution in [1.29, 1.82) is 0 Å². The van der Waals surface area contributed by atoms with Crippen LogP contribution in [0.25, 0.3) is 0 Å². The molecule has 3 nitrogen and oxygen atoms in total. The summed E-state index contributed by atoms with van der Waals surface area (Å²) in [5.41, 5.74) is 6.09. The van der Waals surface area contributed by atoms with Crippen LogP contribution in [0.15, 0.2) is 18.2 Å². The van der Waals surface area contributed by atoms with E-state index in [-0.39, 0.29) is 18.5 Å². The number of aliphatic hydroxyl groups excluding tert-OH is 1. The Morgan fingerprint density at radius 1 is 1.47 bits per heavy atom. The minimum Gasteiger partial charge on any atom is -1.00 e. The van der Waals surface area contributed by atoms with Gasteiger partial charge in [-0.3, -0.25) is 0 Å². The lowest BCUT2D eigenvalue weighted by Gasteiger charge is -2.07. The number of methoxy groups -OCH3 is 1. The molecule has 86 valence electrons. The number of aliphatic hydroxyl groups is 1. The van der Waals surface area contributed by atoms with Gasteiger partial charge in [0.1, 0.15) is 11.4 Å². The average molecular weight is 232 g/mol. The number of hydrogen-bond donors (Lipinski definition) is 2. The van der Waals surface area contributed by atoms with Crippen LogP contribution in [0.3, 0.4) is 0 Å². The average Bonchev–Trinajstić information content (AvgIpc) is 2.16. The monoisotopic (exact) mass is 231 g/mol. The minimum absolute atomic E-state index is 0. The van der Waals surface area contributed by atoms with Crippen LogP contribution >= 0.6 is 0 Å². The molecule has 0 unspecified atom stereocenters. The van der Waals surface area contributed by atoms with Crippen LogP contribution in [0.5, 0.6) is 5.75 Å². The second-order valence-electron chi connectivity index (χ2n) is 3.52. The molecule has 1 rings (SSSR count). The van der Waals surface area contributed by atoms with Gasteiger partial charge in [-0.05, 0) is 31.9 Å². The maximum absolute atomic E-state index is 9.18. The van der Waals surface area contributed by atoms with Crippen molar-refractivity contribution in [3.63, 3.8) is 0 Å². The molecule has 0 saturated carbocycles. The van der Waals surface area contributed by atoms with Crippen LogP contribution < -0.4 is 22.9 Å². The van der Waals surface area contributed by atoms with Gasteiger partial charge in [0.25, 0.3) is 0 Å². The van der Waals surface area contributed by atoms with Crippen molar-refractivity contribution in [2.24, 2.45) is 0 Å². The number of benzene rings is 1. The third-order valence-corrected chi connectivity index (χ3v) is 2.24. The van der Waals surface area contributed by atoms with Gasteiger partial charge in [-0.2, -0.15) is 0 Å². The van der Waals surface area contributed by atoms with Gasteiger partial charge in [0.05, 0.1) is 13.2 Å². The zero-order valence-electron chi connectivity index (χ0n) is 9.16. The first-order valence-corrected chi connectivity index (χ1v) is 4.80. The lowest BCUT2D eigenvalue weighted by Crippen LogP contribution is -3.00. The van der Waals surface area contributed by atoms with Gasteiger partial charge in [-0.15, -0.1) is 0 Å². The second kappa shape index (κ2) is 6.67. The summed E-state index contributed by atoms with van der Waals surface area (Å²) in [6, 6.07) is 5.81. The lowest BCUT2D eigenvalue weighted by atomic mass is 10.1. The summed E-state index contributed by atoms with van der Waals surface area (Å²) in [7, 11) is 1.65. The van der Waals surface area contributed by atoms with Gasteiger partial charge in [0, 0.05) is 11.6 Å². The first-order valence-electron chi connectivity index (χ1n) is 4.80. The van der Waals surface area contributed by atoms with E-state index in [9.17, 15) is 5.11 Å². The van der Waals surface area contributed by atoms with Crippen molar-refractivity contribution < 1.29 is 28.0 Å². The van der Waals surface area contributed by atoms with Gasteiger partial charge in [0.2, 0.25) is 0 Å². The highest BCUT2D eigenvalue weighted by molar-refractivity contribution is 5.44.